The third-order valence-corrected chi connectivity index (χ3v) is 0.362. The fraction of sp³-hybridized carbons (Fsp3) is 0.750. The van der Waals surface area contributed by atoms with Crippen molar-refractivity contribution in [2.45, 2.75) is 19.8 Å². The van der Waals surface area contributed by atoms with E-state index in [2.05, 4.69) is 0 Å². The van der Waals surface area contributed by atoms with E-state index < -0.39 is 0 Å². The largest absolute Gasteiger partial charge is 0.344 e. The van der Waals surface area contributed by atoms with Crippen molar-refractivity contribution in [3.05, 3.63) is 0 Å². The summed E-state index contributed by atoms with van der Waals surface area (Å²) in [5.41, 5.74) is 0. The van der Waals surface area contributed by atoms with Crippen LogP contribution in [-0.4, -0.2) is 0 Å². The van der Waals surface area contributed by atoms with E-state index in [9.17, 15) is 0 Å². The molecule has 0 aliphatic heterocycles. The molecule has 0 aromatic heterocycles. The molecule has 0 bridgehead atoms. The quantitative estimate of drug-likeness (QED) is 0.525. The van der Waals surface area contributed by atoms with Gasteiger partial charge in [0.15, 0.2) is 0 Å². The molecule has 3 N–H and O–H groups in total. The van der Waals surface area contributed by atoms with Crippen molar-refractivity contribution in [3.8, 4) is 6.07 Å². The Labute approximate surface area is 38.4 Å². The molecule has 0 atom stereocenters. The summed E-state index contributed by atoms with van der Waals surface area (Å²) in [4.78, 5) is 0. The van der Waals surface area contributed by atoms with Gasteiger partial charge in [-0.15, -0.1) is 0 Å². The Balaban J connectivity index is 0. The standard InChI is InChI=1S/C4H7N.H3N/c1-2-3-4-5;/h2-3H2,1H3;1H3. The number of hydrogen-bond acceptors (Lipinski definition) is 2. The summed E-state index contributed by atoms with van der Waals surface area (Å²) < 4.78 is 0. The van der Waals surface area contributed by atoms with Gasteiger partial charge in [-0.2, -0.15) is 5.26 Å². The minimum absolute atomic E-state index is 0. The van der Waals surface area contributed by atoms with Crippen LogP contribution in [0.15, 0.2) is 0 Å². The van der Waals surface area contributed by atoms with Crippen molar-refractivity contribution in [1.82, 2.24) is 6.15 Å². The Kier molecular flexibility index (Phi) is 13.3. The van der Waals surface area contributed by atoms with Gasteiger partial charge in [0.2, 0.25) is 0 Å². The van der Waals surface area contributed by atoms with E-state index in [1.807, 2.05) is 13.0 Å². The molecule has 0 rings (SSSR count). The normalized spacial score (nSPS) is 5.33. The summed E-state index contributed by atoms with van der Waals surface area (Å²) in [5.74, 6) is 0. The summed E-state index contributed by atoms with van der Waals surface area (Å²) in [6.45, 7) is 1.99. The van der Waals surface area contributed by atoms with Crippen LogP contribution in [0.25, 0.3) is 0 Å². The van der Waals surface area contributed by atoms with Gasteiger partial charge < -0.3 is 6.15 Å². The lowest BCUT2D eigenvalue weighted by Gasteiger charge is -1.65. The van der Waals surface area contributed by atoms with Crippen LogP contribution >= 0.6 is 0 Å². The van der Waals surface area contributed by atoms with Gasteiger partial charge in [0.1, 0.15) is 0 Å². The summed E-state index contributed by atoms with van der Waals surface area (Å²) in [5, 5.41) is 7.82. The number of unbranched alkanes of at least 4 members (excludes halogenated alkanes) is 1. The van der Waals surface area contributed by atoms with E-state index >= 15 is 0 Å². The van der Waals surface area contributed by atoms with E-state index in [4.69, 9.17) is 5.26 Å². The van der Waals surface area contributed by atoms with Crippen LogP contribution in [0.5, 0.6) is 0 Å². The van der Waals surface area contributed by atoms with E-state index in [0.717, 1.165) is 6.42 Å². The van der Waals surface area contributed by atoms with Gasteiger partial charge in [0, 0.05) is 6.42 Å². The molecule has 0 aromatic carbocycles. The van der Waals surface area contributed by atoms with Gasteiger partial charge in [-0.3, -0.25) is 0 Å². The number of nitriles is 1. The Morgan fingerprint density at radius 1 is 1.67 bits per heavy atom. The monoisotopic (exact) mass is 86.1 g/mol. The van der Waals surface area contributed by atoms with Gasteiger partial charge >= 0.3 is 0 Å². The average molecular weight is 86.1 g/mol. The van der Waals surface area contributed by atoms with E-state index in [0.29, 0.717) is 6.42 Å². The van der Waals surface area contributed by atoms with Gasteiger partial charge in [0.25, 0.3) is 0 Å². The van der Waals surface area contributed by atoms with Crippen LogP contribution in [-0.2, 0) is 0 Å². The number of rotatable bonds is 1. The van der Waals surface area contributed by atoms with Gasteiger partial charge in [-0.25, -0.2) is 0 Å². The summed E-state index contributed by atoms with van der Waals surface area (Å²) in [7, 11) is 0. The van der Waals surface area contributed by atoms with Gasteiger partial charge in [0.05, 0.1) is 6.07 Å². The molecule has 2 nitrogen and oxygen atoms in total. The molecular formula is C4H10N2. The maximum Gasteiger partial charge on any atom is 0.0621 e. The van der Waals surface area contributed by atoms with Crippen molar-refractivity contribution in [2.24, 2.45) is 0 Å². The summed E-state index contributed by atoms with van der Waals surface area (Å²) in [6, 6.07) is 2.02. The lowest BCUT2D eigenvalue weighted by atomic mass is 10.4. The molecule has 0 aromatic rings. The first-order valence-electron chi connectivity index (χ1n) is 1.78. The molecule has 36 valence electrons. The van der Waals surface area contributed by atoms with Crippen LogP contribution < -0.4 is 6.15 Å². The van der Waals surface area contributed by atoms with Gasteiger partial charge in [-0.05, 0) is 6.42 Å². The molecule has 0 aliphatic rings. The Bertz CT molecular complexity index is 44.0. The third kappa shape index (κ3) is 9.85. The molecule has 2 heteroatoms. The summed E-state index contributed by atoms with van der Waals surface area (Å²) >= 11 is 0. The Morgan fingerprint density at radius 3 is 2.17 bits per heavy atom. The van der Waals surface area contributed by atoms with Crippen molar-refractivity contribution in [2.75, 3.05) is 0 Å². The minimum Gasteiger partial charge on any atom is -0.344 e. The van der Waals surface area contributed by atoms with Crippen LogP contribution in [0.2, 0.25) is 0 Å². The van der Waals surface area contributed by atoms with E-state index in [1.54, 1.807) is 0 Å². The van der Waals surface area contributed by atoms with Crippen molar-refractivity contribution in [1.29, 1.82) is 5.26 Å². The molecule has 0 radical (unpaired) electrons. The molecule has 6 heavy (non-hydrogen) atoms. The van der Waals surface area contributed by atoms with E-state index in [-0.39, 0.29) is 6.15 Å². The molecule has 0 spiro atoms. The highest BCUT2D eigenvalue weighted by molar-refractivity contribution is 4.65. The van der Waals surface area contributed by atoms with Crippen molar-refractivity contribution >= 4 is 0 Å². The maximum atomic E-state index is 7.82. The number of nitrogens with zero attached hydrogens (tertiary/aromatic N) is 1. The maximum absolute atomic E-state index is 7.82. The first kappa shape index (κ1) is 9.07. The second-order valence-electron chi connectivity index (χ2n) is 0.908. The predicted molar refractivity (Wildman–Crippen MR) is 25.5 cm³/mol. The second-order valence-corrected chi connectivity index (χ2v) is 0.908. The third-order valence-electron chi connectivity index (χ3n) is 0.362. The second kappa shape index (κ2) is 8.82. The zero-order valence-electron chi connectivity index (χ0n) is 4.07. The number of hydrogen-bond donors (Lipinski definition) is 1. The van der Waals surface area contributed by atoms with Crippen LogP contribution in [0, 0.1) is 11.3 Å². The topological polar surface area (TPSA) is 58.8 Å². The fourth-order valence-corrected chi connectivity index (χ4v) is 0.112. The average Bonchev–Trinajstić information content (AvgIpc) is 1.41. The predicted octanol–water partition coefficient (Wildman–Crippen LogP) is 1.47. The molecule has 0 saturated carbocycles. The molecule has 0 saturated heterocycles. The molecule has 0 unspecified atom stereocenters. The molecule has 0 aliphatic carbocycles. The highest BCUT2D eigenvalue weighted by atomic mass is 14.2. The molecule has 0 heterocycles. The zero-order chi connectivity index (χ0) is 4.12. The lowest BCUT2D eigenvalue weighted by molar-refractivity contribution is 0.969. The van der Waals surface area contributed by atoms with E-state index in [1.165, 1.54) is 0 Å². The summed E-state index contributed by atoms with van der Waals surface area (Å²) in [6.07, 6.45) is 1.68. The van der Waals surface area contributed by atoms with Crippen LogP contribution in [0.1, 0.15) is 19.8 Å². The van der Waals surface area contributed by atoms with Crippen molar-refractivity contribution < 1.29 is 0 Å². The first-order chi connectivity index (χ1) is 2.41. The lowest BCUT2D eigenvalue weighted by Crippen LogP contribution is -1.53. The zero-order valence-corrected chi connectivity index (χ0v) is 4.07. The molecule has 0 amide bonds. The Morgan fingerprint density at radius 2 is 2.17 bits per heavy atom. The van der Waals surface area contributed by atoms with Crippen LogP contribution in [0.4, 0.5) is 0 Å². The van der Waals surface area contributed by atoms with Gasteiger partial charge in [-0.1, -0.05) is 6.92 Å². The minimum atomic E-state index is 0. The first-order valence-corrected chi connectivity index (χ1v) is 1.78. The SMILES string of the molecule is CCCC#N.N. The van der Waals surface area contributed by atoms with Crippen LogP contribution in [0.3, 0.4) is 0 Å². The Hall–Kier alpha value is -0.550. The fourth-order valence-electron chi connectivity index (χ4n) is 0.112. The smallest absolute Gasteiger partial charge is 0.0621 e. The van der Waals surface area contributed by atoms with Crippen molar-refractivity contribution in [3.63, 3.8) is 0 Å². The molecule has 0 fully saturated rings. The highest BCUT2D eigenvalue weighted by Gasteiger charge is 1.65. The molecular weight excluding hydrogens is 76.1 g/mol. The highest BCUT2D eigenvalue weighted by Crippen LogP contribution is 1.77.